The lowest BCUT2D eigenvalue weighted by Crippen LogP contribution is -2.52. The molecule has 0 spiro atoms. The lowest BCUT2D eigenvalue weighted by molar-refractivity contribution is -0.141. The molecule has 21 heavy (non-hydrogen) atoms. The fourth-order valence-electron chi connectivity index (χ4n) is 3.02. The lowest BCUT2D eigenvalue weighted by Gasteiger charge is -2.36. The Balaban J connectivity index is 1.77. The Morgan fingerprint density at radius 1 is 1.14 bits per heavy atom. The van der Waals surface area contributed by atoms with E-state index in [9.17, 15) is 14.7 Å². The normalized spacial score (nSPS) is 23.0. The van der Waals surface area contributed by atoms with Gasteiger partial charge < -0.3 is 14.9 Å². The predicted octanol–water partition coefficient (Wildman–Crippen LogP) is -0.0860. The molecule has 2 saturated heterocycles. The standard InChI is InChI=1S/C15H27N3O3/c1-13(19)11-16-7-9-17(10-8-16)15(21)12-18-6-4-2-3-5-14(18)20/h13,19H,2-12H2,1H3. The summed E-state index contributed by atoms with van der Waals surface area (Å²) in [7, 11) is 0. The zero-order valence-electron chi connectivity index (χ0n) is 13.0. The number of β-amino-alcohol motifs (C(OH)–C–C–N with tert-alkyl or cyclic N) is 1. The van der Waals surface area contributed by atoms with Crippen LogP contribution < -0.4 is 0 Å². The van der Waals surface area contributed by atoms with E-state index < -0.39 is 0 Å². The second-order valence-electron chi connectivity index (χ2n) is 6.16. The third kappa shape index (κ3) is 4.97. The number of amides is 2. The Kier molecular flexibility index (Phi) is 5.99. The average Bonchev–Trinajstić information content (AvgIpc) is 2.64. The Bertz CT molecular complexity index is 365. The van der Waals surface area contributed by atoms with Gasteiger partial charge in [-0.25, -0.2) is 0 Å². The number of likely N-dealkylation sites (tertiary alicyclic amines) is 1. The van der Waals surface area contributed by atoms with Crippen LogP contribution in [0.15, 0.2) is 0 Å². The minimum atomic E-state index is -0.332. The van der Waals surface area contributed by atoms with Crippen molar-refractivity contribution in [2.75, 3.05) is 45.8 Å². The summed E-state index contributed by atoms with van der Waals surface area (Å²) in [6.07, 6.45) is 3.27. The first kappa shape index (κ1) is 16.2. The van der Waals surface area contributed by atoms with Gasteiger partial charge in [-0.15, -0.1) is 0 Å². The van der Waals surface area contributed by atoms with Crippen molar-refractivity contribution in [2.24, 2.45) is 0 Å². The van der Waals surface area contributed by atoms with Gasteiger partial charge in [0, 0.05) is 45.7 Å². The molecule has 1 unspecified atom stereocenters. The highest BCUT2D eigenvalue weighted by Gasteiger charge is 2.25. The molecule has 0 saturated carbocycles. The summed E-state index contributed by atoms with van der Waals surface area (Å²) >= 11 is 0. The first-order valence-corrected chi connectivity index (χ1v) is 8.02. The fourth-order valence-corrected chi connectivity index (χ4v) is 3.02. The number of carbonyl (C=O) groups is 2. The Morgan fingerprint density at radius 3 is 2.52 bits per heavy atom. The van der Waals surface area contributed by atoms with Crippen LogP contribution in [0.5, 0.6) is 0 Å². The minimum Gasteiger partial charge on any atom is -0.392 e. The summed E-state index contributed by atoms with van der Waals surface area (Å²) < 4.78 is 0. The smallest absolute Gasteiger partial charge is 0.242 e. The molecular formula is C15H27N3O3. The molecule has 0 aromatic carbocycles. The molecule has 2 fully saturated rings. The van der Waals surface area contributed by atoms with E-state index in [4.69, 9.17) is 0 Å². The quantitative estimate of drug-likeness (QED) is 0.788. The summed E-state index contributed by atoms with van der Waals surface area (Å²) in [6.45, 7) is 6.35. The molecule has 2 amide bonds. The molecule has 6 heteroatoms. The van der Waals surface area contributed by atoms with Gasteiger partial charge in [-0.05, 0) is 19.8 Å². The van der Waals surface area contributed by atoms with Gasteiger partial charge in [0.15, 0.2) is 0 Å². The highest BCUT2D eigenvalue weighted by Crippen LogP contribution is 2.12. The SMILES string of the molecule is CC(O)CN1CCN(C(=O)CN2CCCCCC2=O)CC1. The van der Waals surface area contributed by atoms with Gasteiger partial charge in [-0.2, -0.15) is 0 Å². The zero-order chi connectivity index (χ0) is 15.2. The van der Waals surface area contributed by atoms with Crippen molar-refractivity contribution in [2.45, 2.75) is 38.7 Å². The molecule has 0 bridgehead atoms. The maximum Gasteiger partial charge on any atom is 0.242 e. The summed E-state index contributed by atoms with van der Waals surface area (Å²) in [5, 5.41) is 9.39. The minimum absolute atomic E-state index is 0.0574. The van der Waals surface area contributed by atoms with Crippen molar-refractivity contribution < 1.29 is 14.7 Å². The van der Waals surface area contributed by atoms with Crippen LogP contribution in [0.3, 0.4) is 0 Å². The van der Waals surface area contributed by atoms with Gasteiger partial charge in [0.25, 0.3) is 0 Å². The van der Waals surface area contributed by atoms with E-state index in [2.05, 4.69) is 4.90 Å². The van der Waals surface area contributed by atoms with Gasteiger partial charge in [0.2, 0.25) is 11.8 Å². The van der Waals surface area contributed by atoms with E-state index in [0.29, 0.717) is 32.6 Å². The highest BCUT2D eigenvalue weighted by atomic mass is 16.3. The maximum absolute atomic E-state index is 12.3. The van der Waals surface area contributed by atoms with Gasteiger partial charge >= 0.3 is 0 Å². The first-order chi connectivity index (χ1) is 10.1. The van der Waals surface area contributed by atoms with Crippen LogP contribution in [-0.2, 0) is 9.59 Å². The second-order valence-corrected chi connectivity index (χ2v) is 6.16. The van der Waals surface area contributed by atoms with Crippen molar-refractivity contribution in [3.63, 3.8) is 0 Å². The van der Waals surface area contributed by atoms with Crippen molar-refractivity contribution in [1.29, 1.82) is 0 Å². The third-order valence-electron chi connectivity index (χ3n) is 4.24. The van der Waals surface area contributed by atoms with Crippen LogP contribution in [0.25, 0.3) is 0 Å². The van der Waals surface area contributed by atoms with Crippen LogP contribution >= 0.6 is 0 Å². The van der Waals surface area contributed by atoms with E-state index in [1.54, 1.807) is 11.8 Å². The van der Waals surface area contributed by atoms with E-state index in [1.807, 2.05) is 4.90 Å². The molecule has 2 heterocycles. The number of aliphatic hydroxyl groups is 1. The van der Waals surface area contributed by atoms with Crippen molar-refractivity contribution in [3.05, 3.63) is 0 Å². The molecule has 120 valence electrons. The molecule has 1 atom stereocenters. The molecular weight excluding hydrogens is 270 g/mol. The second kappa shape index (κ2) is 7.75. The van der Waals surface area contributed by atoms with Crippen LogP contribution in [0.4, 0.5) is 0 Å². The molecule has 2 rings (SSSR count). The molecule has 0 aliphatic carbocycles. The van der Waals surface area contributed by atoms with Crippen LogP contribution in [-0.4, -0.2) is 83.5 Å². The monoisotopic (exact) mass is 297 g/mol. The zero-order valence-corrected chi connectivity index (χ0v) is 13.0. The predicted molar refractivity (Wildman–Crippen MR) is 79.7 cm³/mol. The topological polar surface area (TPSA) is 64.1 Å². The van der Waals surface area contributed by atoms with E-state index in [1.165, 1.54) is 0 Å². The van der Waals surface area contributed by atoms with Gasteiger partial charge in [0.1, 0.15) is 0 Å². The number of hydrogen-bond acceptors (Lipinski definition) is 4. The Morgan fingerprint density at radius 2 is 1.86 bits per heavy atom. The number of piperazine rings is 1. The van der Waals surface area contributed by atoms with Crippen LogP contribution in [0.1, 0.15) is 32.6 Å². The van der Waals surface area contributed by atoms with Crippen LogP contribution in [0, 0.1) is 0 Å². The van der Waals surface area contributed by atoms with Crippen molar-refractivity contribution in [1.82, 2.24) is 14.7 Å². The summed E-state index contributed by atoms with van der Waals surface area (Å²) in [4.78, 5) is 30.0. The van der Waals surface area contributed by atoms with Gasteiger partial charge in [-0.1, -0.05) is 6.42 Å². The number of aliphatic hydroxyl groups excluding tert-OH is 1. The number of carbonyl (C=O) groups excluding carboxylic acids is 2. The molecule has 1 N–H and O–H groups in total. The van der Waals surface area contributed by atoms with Crippen molar-refractivity contribution in [3.8, 4) is 0 Å². The van der Waals surface area contributed by atoms with Crippen LogP contribution in [0.2, 0.25) is 0 Å². The first-order valence-electron chi connectivity index (χ1n) is 8.02. The summed E-state index contributed by atoms with van der Waals surface area (Å²) in [5.74, 6) is 0.176. The number of rotatable bonds is 4. The molecule has 0 aromatic rings. The summed E-state index contributed by atoms with van der Waals surface area (Å²) in [6, 6.07) is 0. The molecule has 2 aliphatic heterocycles. The molecule has 0 radical (unpaired) electrons. The van der Waals surface area contributed by atoms with E-state index >= 15 is 0 Å². The van der Waals surface area contributed by atoms with Gasteiger partial charge in [-0.3, -0.25) is 14.5 Å². The van der Waals surface area contributed by atoms with Gasteiger partial charge in [0.05, 0.1) is 12.6 Å². The van der Waals surface area contributed by atoms with E-state index in [-0.39, 0.29) is 24.5 Å². The maximum atomic E-state index is 12.3. The average molecular weight is 297 g/mol. The molecule has 0 aromatic heterocycles. The Labute approximate surface area is 126 Å². The third-order valence-corrected chi connectivity index (χ3v) is 4.24. The fraction of sp³-hybridized carbons (Fsp3) is 0.867. The number of hydrogen-bond donors (Lipinski definition) is 1. The largest absolute Gasteiger partial charge is 0.392 e. The number of nitrogens with zero attached hydrogens (tertiary/aromatic N) is 3. The molecule has 6 nitrogen and oxygen atoms in total. The van der Waals surface area contributed by atoms with E-state index in [0.717, 1.165) is 32.4 Å². The molecule has 2 aliphatic rings. The highest BCUT2D eigenvalue weighted by molar-refractivity contribution is 5.85. The summed E-state index contributed by atoms with van der Waals surface area (Å²) in [5.41, 5.74) is 0. The Hall–Kier alpha value is -1.14. The van der Waals surface area contributed by atoms with Crippen molar-refractivity contribution >= 4 is 11.8 Å². The lowest BCUT2D eigenvalue weighted by atomic mass is 10.2.